The number of thiophene rings is 1. The van der Waals surface area contributed by atoms with Crippen molar-refractivity contribution in [1.82, 2.24) is 9.55 Å². The topological polar surface area (TPSA) is 17.8 Å². The second-order valence-electron chi connectivity index (χ2n) is 9.66. The highest BCUT2D eigenvalue weighted by molar-refractivity contribution is 7.25. The number of nitrogens with zero attached hydrogens (tertiary/aromatic N) is 2. The molecule has 0 saturated carbocycles. The number of hydrogen-bond donors (Lipinski definition) is 0. The number of fused-ring (bicyclic) bond motifs is 6. The minimum absolute atomic E-state index is 0.989. The van der Waals surface area contributed by atoms with Crippen molar-refractivity contribution in [3.8, 4) is 28.1 Å². The van der Waals surface area contributed by atoms with Crippen molar-refractivity contribution in [1.29, 1.82) is 0 Å². The van der Waals surface area contributed by atoms with Gasteiger partial charge in [-0.05, 0) is 71.8 Å². The molecule has 8 aromatic rings. The summed E-state index contributed by atoms with van der Waals surface area (Å²) in [4.78, 5) is 4.56. The van der Waals surface area contributed by atoms with Crippen molar-refractivity contribution < 1.29 is 0 Å². The van der Waals surface area contributed by atoms with E-state index in [1.807, 2.05) is 29.7 Å². The van der Waals surface area contributed by atoms with Gasteiger partial charge in [-0.15, -0.1) is 11.3 Å². The Hall–Kier alpha value is -4.73. The molecule has 8 rings (SSSR count). The van der Waals surface area contributed by atoms with Gasteiger partial charge in [-0.1, -0.05) is 66.7 Å². The lowest BCUT2D eigenvalue weighted by molar-refractivity contribution is 1.18. The van der Waals surface area contributed by atoms with Crippen molar-refractivity contribution in [2.45, 2.75) is 0 Å². The van der Waals surface area contributed by atoms with Gasteiger partial charge in [0.1, 0.15) is 0 Å². The fourth-order valence-electron chi connectivity index (χ4n) is 5.66. The van der Waals surface area contributed by atoms with Crippen molar-refractivity contribution in [2.75, 3.05) is 0 Å². The third-order valence-corrected chi connectivity index (χ3v) is 8.57. The average Bonchev–Trinajstić information content (AvgIpc) is 3.51. The van der Waals surface area contributed by atoms with Gasteiger partial charge in [0.25, 0.3) is 0 Å². The van der Waals surface area contributed by atoms with Crippen LogP contribution in [0.5, 0.6) is 0 Å². The highest BCUT2D eigenvalue weighted by atomic mass is 32.1. The zero-order chi connectivity index (χ0) is 25.1. The fourth-order valence-corrected chi connectivity index (χ4v) is 6.79. The van der Waals surface area contributed by atoms with E-state index >= 15 is 0 Å². The van der Waals surface area contributed by atoms with Gasteiger partial charge in [0.15, 0.2) is 0 Å². The van der Waals surface area contributed by atoms with Crippen LogP contribution in [0.4, 0.5) is 0 Å². The zero-order valence-electron chi connectivity index (χ0n) is 20.5. The summed E-state index contributed by atoms with van der Waals surface area (Å²) in [7, 11) is 0. The Morgan fingerprint density at radius 1 is 0.474 bits per heavy atom. The Labute approximate surface area is 224 Å². The standard InChI is InChI=1S/C35H22N2S/c1-2-11-26(12-3-1)37-32-17-16-24(23-9-8-10-25(19-23)31-14-6-7-18-36-31)20-28(32)29-21-30-27-13-4-5-15-34(27)38-35(30)22-33(29)37/h1-22H. The first-order valence-corrected chi connectivity index (χ1v) is 13.6. The lowest BCUT2D eigenvalue weighted by atomic mass is 9.99. The second-order valence-corrected chi connectivity index (χ2v) is 10.7. The maximum Gasteiger partial charge on any atom is 0.0702 e. The average molecular weight is 503 g/mol. The summed E-state index contributed by atoms with van der Waals surface area (Å²) in [5.74, 6) is 0. The van der Waals surface area contributed by atoms with E-state index in [0.717, 1.165) is 11.3 Å². The molecule has 178 valence electrons. The number of benzene rings is 5. The van der Waals surface area contributed by atoms with E-state index < -0.39 is 0 Å². The lowest BCUT2D eigenvalue weighted by Gasteiger charge is -2.09. The SMILES string of the molecule is c1ccc(-n2c3ccc(-c4cccc(-c5ccccn5)c4)cc3c3cc4c(cc32)sc2ccccc24)cc1. The molecule has 0 radical (unpaired) electrons. The third-order valence-electron chi connectivity index (χ3n) is 7.43. The first kappa shape index (κ1) is 21.4. The van der Waals surface area contributed by atoms with Gasteiger partial charge < -0.3 is 4.57 Å². The van der Waals surface area contributed by atoms with Crippen molar-refractivity contribution in [3.63, 3.8) is 0 Å². The highest BCUT2D eigenvalue weighted by Crippen LogP contribution is 2.41. The Morgan fingerprint density at radius 2 is 1.26 bits per heavy atom. The second kappa shape index (κ2) is 8.41. The summed E-state index contributed by atoms with van der Waals surface area (Å²) in [5, 5.41) is 5.20. The molecule has 0 fully saturated rings. The molecule has 0 N–H and O–H groups in total. The molecular formula is C35H22N2S. The molecule has 0 bridgehead atoms. The van der Waals surface area contributed by atoms with E-state index in [1.54, 1.807) is 0 Å². The van der Waals surface area contributed by atoms with E-state index in [0.29, 0.717) is 0 Å². The molecule has 0 aliphatic rings. The van der Waals surface area contributed by atoms with Gasteiger partial charge in [-0.25, -0.2) is 0 Å². The third kappa shape index (κ3) is 3.29. The molecule has 2 nitrogen and oxygen atoms in total. The minimum atomic E-state index is 0.989. The van der Waals surface area contributed by atoms with Crippen LogP contribution in [-0.4, -0.2) is 9.55 Å². The quantitative estimate of drug-likeness (QED) is 0.235. The van der Waals surface area contributed by atoms with E-state index in [4.69, 9.17) is 0 Å². The van der Waals surface area contributed by atoms with Gasteiger partial charge in [0, 0.05) is 48.4 Å². The molecule has 0 saturated heterocycles. The Balaban J connectivity index is 1.41. The molecule has 0 atom stereocenters. The largest absolute Gasteiger partial charge is 0.309 e. The van der Waals surface area contributed by atoms with Crippen molar-refractivity contribution in [2.24, 2.45) is 0 Å². The first-order valence-electron chi connectivity index (χ1n) is 12.8. The molecule has 38 heavy (non-hydrogen) atoms. The number of rotatable bonds is 3. The number of pyridine rings is 1. The van der Waals surface area contributed by atoms with Crippen LogP contribution in [0.1, 0.15) is 0 Å². The normalized spacial score (nSPS) is 11.7. The Kier molecular flexibility index (Phi) is 4.73. The minimum Gasteiger partial charge on any atom is -0.309 e. The summed E-state index contributed by atoms with van der Waals surface area (Å²) >= 11 is 1.87. The van der Waals surface area contributed by atoms with Crippen LogP contribution in [0.2, 0.25) is 0 Å². The van der Waals surface area contributed by atoms with E-state index in [1.165, 1.54) is 58.8 Å². The van der Waals surface area contributed by atoms with E-state index in [9.17, 15) is 0 Å². The van der Waals surface area contributed by atoms with Gasteiger partial charge >= 0.3 is 0 Å². The molecule has 0 unspecified atom stereocenters. The van der Waals surface area contributed by atoms with Gasteiger partial charge in [-0.2, -0.15) is 0 Å². The molecule has 5 aromatic carbocycles. The van der Waals surface area contributed by atoms with E-state index in [2.05, 4.69) is 125 Å². The summed E-state index contributed by atoms with van der Waals surface area (Å²) < 4.78 is 5.06. The van der Waals surface area contributed by atoms with Gasteiger partial charge in [-0.3, -0.25) is 4.98 Å². The zero-order valence-corrected chi connectivity index (χ0v) is 21.3. The molecular weight excluding hydrogens is 480 g/mol. The van der Waals surface area contributed by atoms with Crippen molar-refractivity contribution >= 4 is 53.3 Å². The summed E-state index contributed by atoms with van der Waals surface area (Å²) in [6.45, 7) is 0. The fraction of sp³-hybridized carbons (Fsp3) is 0. The van der Waals surface area contributed by atoms with E-state index in [-0.39, 0.29) is 0 Å². The van der Waals surface area contributed by atoms with Crippen LogP contribution in [0.3, 0.4) is 0 Å². The van der Waals surface area contributed by atoms with Crippen LogP contribution < -0.4 is 0 Å². The predicted octanol–water partition coefficient (Wildman–Crippen LogP) is 9.88. The molecule has 3 aromatic heterocycles. The number of para-hydroxylation sites is 1. The summed E-state index contributed by atoms with van der Waals surface area (Å²) in [5.41, 5.74) is 8.15. The first-order chi connectivity index (χ1) is 18.8. The number of aromatic nitrogens is 2. The molecule has 0 aliphatic carbocycles. The van der Waals surface area contributed by atoms with Crippen LogP contribution in [0.15, 0.2) is 134 Å². The maximum atomic E-state index is 4.56. The summed E-state index contributed by atoms with van der Waals surface area (Å²) in [6.07, 6.45) is 1.85. The van der Waals surface area contributed by atoms with Crippen LogP contribution >= 0.6 is 11.3 Å². The molecule has 3 heteroatoms. The van der Waals surface area contributed by atoms with Gasteiger partial charge in [0.05, 0.1) is 16.7 Å². The Morgan fingerprint density at radius 3 is 2.16 bits per heavy atom. The smallest absolute Gasteiger partial charge is 0.0702 e. The monoisotopic (exact) mass is 502 g/mol. The molecule has 0 aliphatic heterocycles. The number of hydrogen-bond acceptors (Lipinski definition) is 2. The lowest BCUT2D eigenvalue weighted by Crippen LogP contribution is -1.93. The molecule has 0 spiro atoms. The van der Waals surface area contributed by atoms with Crippen molar-refractivity contribution in [3.05, 3.63) is 134 Å². The highest BCUT2D eigenvalue weighted by Gasteiger charge is 2.16. The van der Waals surface area contributed by atoms with Crippen LogP contribution in [0.25, 0.3) is 70.0 Å². The molecule has 3 heterocycles. The van der Waals surface area contributed by atoms with Crippen LogP contribution in [0, 0.1) is 0 Å². The van der Waals surface area contributed by atoms with Gasteiger partial charge in [0.2, 0.25) is 0 Å². The Bertz CT molecular complexity index is 2120. The predicted molar refractivity (Wildman–Crippen MR) is 162 cm³/mol. The van der Waals surface area contributed by atoms with Crippen LogP contribution in [-0.2, 0) is 0 Å². The summed E-state index contributed by atoms with van der Waals surface area (Å²) in [6, 6.07) is 45.8. The maximum absolute atomic E-state index is 4.56. The molecule has 0 amide bonds.